The average molecular weight is 140 g/mol. The van der Waals surface area contributed by atoms with Gasteiger partial charge in [0.1, 0.15) is 0 Å². The Labute approximate surface area is 57.6 Å². The summed E-state index contributed by atoms with van der Waals surface area (Å²) in [6.45, 7) is 0. The molecule has 10 heavy (non-hydrogen) atoms. The first-order valence-electron chi connectivity index (χ1n) is 2.61. The minimum Gasteiger partial charge on any atom is -0.463 e. The van der Waals surface area contributed by atoms with Gasteiger partial charge in [-0.25, -0.2) is 9.48 Å². The van der Waals surface area contributed by atoms with Crippen LogP contribution in [0, 0.1) is 6.33 Å². The summed E-state index contributed by atoms with van der Waals surface area (Å²) >= 11 is 0. The number of rotatable bonds is 1. The van der Waals surface area contributed by atoms with Gasteiger partial charge < -0.3 is 4.74 Å². The molecule has 1 aromatic rings. The Morgan fingerprint density at radius 1 is 1.80 bits per heavy atom. The van der Waals surface area contributed by atoms with Gasteiger partial charge >= 0.3 is 5.97 Å². The molecule has 1 rings (SSSR count). The first-order chi connectivity index (χ1) is 4.74. The predicted molar refractivity (Wildman–Crippen MR) is 31.2 cm³/mol. The second-order valence-corrected chi connectivity index (χ2v) is 1.65. The zero-order valence-corrected chi connectivity index (χ0v) is 5.66. The average Bonchev–Trinajstić information content (AvgIpc) is 2.34. The van der Waals surface area contributed by atoms with Crippen LogP contribution in [0.4, 0.5) is 0 Å². The number of hydrogen-bond donors (Lipinski definition) is 0. The summed E-state index contributed by atoms with van der Waals surface area (Å²) < 4.78 is 5.66. The minimum absolute atomic E-state index is 0.0324. The van der Waals surface area contributed by atoms with Crippen molar-refractivity contribution in [2.75, 3.05) is 7.11 Å². The summed E-state index contributed by atoms with van der Waals surface area (Å²) in [6, 6.07) is 0. The highest BCUT2D eigenvalue weighted by Gasteiger charge is 2.09. The smallest absolute Gasteiger partial charge is 0.377 e. The van der Waals surface area contributed by atoms with E-state index >= 15 is 0 Å². The third kappa shape index (κ3) is 1.12. The van der Waals surface area contributed by atoms with E-state index in [1.54, 1.807) is 7.05 Å². The second kappa shape index (κ2) is 2.47. The number of nitrogens with zero attached hydrogens (tertiary/aromatic N) is 3. The zero-order valence-electron chi connectivity index (χ0n) is 5.66. The van der Waals surface area contributed by atoms with Crippen LogP contribution in [-0.2, 0) is 11.8 Å². The molecule has 1 radical (unpaired) electrons. The molecule has 5 nitrogen and oxygen atoms in total. The predicted octanol–water partition coefficient (Wildman–Crippen LogP) is -0.598. The van der Waals surface area contributed by atoms with Crippen LogP contribution in [0.3, 0.4) is 0 Å². The van der Waals surface area contributed by atoms with E-state index in [9.17, 15) is 4.79 Å². The topological polar surface area (TPSA) is 57.0 Å². The summed E-state index contributed by atoms with van der Waals surface area (Å²) in [5, 5.41) is 3.66. The van der Waals surface area contributed by atoms with Crippen LogP contribution in [0.1, 0.15) is 10.6 Å². The molecule has 0 aliphatic heterocycles. The Morgan fingerprint density at radius 3 is 2.90 bits per heavy atom. The van der Waals surface area contributed by atoms with Gasteiger partial charge in [-0.1, -0.05) is 0 Å². The molecule has 0 aliphatic rings. The van der Waals surface area contributed by atoms with Gasteiger partial charge in [-0.2, -0.15) is 4.98 Å². The summed E-state index contributed by atoms with van der Waals surface area (Å²) in [5.74, 6) is -0.512. The van der Waals surface area contributed by atoms with Crippen molar-refractivity contribution in [3.63, 3.8) is 0 Å². The van der Waals surface area contributed by atoms with Crippen LogP contribution < -0.4 is 0 Å². The third-order valence-corrected chi connectivity index (χ3v) is 0.913. The van der Waals surface area contributed by atoms with E-state index in [4.69, 9.17) is 0 Å². The molecule has 0 saturated carbocycles. The maximum Gasteiger partial charge on any atom is 0.377 e. The number of carbonyl (C=O) groups is 1. The molecule has 0 saturated heterocycles. The van der Waals surface area contributed by atoms with E-state index in [-0.39, 0.29) is 5.82 Å². The normalized spacial score (nSPS) is 9.40. The van der Waals surface area contributed by atoms with Crippen LogP contribution in [0.15, 0.2) is 0 Å². The lowest BCUT2D eigenvalue weighted by atomic mass is 10.6. The number of esters is 1. The van der Waals surface area contributed by atoms with Crippen LogP contribution in [0.2, 0.25) is 0 Å². The van der Waals surface area contributed by atoms with E-state index in [0.717, 1.165) is 0 Å². The van der Waals surface area contributed by atoms with Crippen molar-refractivity contribution in [1.82, 2.24) is 14.8 Å². The van der Waals surface area contributed by atoms with Crippen molar-refractivity contribution in [3.8, 4) is 0 Å². The molecule has 1 heterocycles. The van der Waals surface area contributed by atoms with Gasteiger partial charge in [-0.15, -0.1) is 5.10 Å². The fourth-order valence-corrected chi connectivity index (χ4v) is 0.484. The molecule has 0 atom stereocenters. The minimum atomic E-state index is -0.545. The number of carbonyl (C=O) groups excluding carboxylic acids is 1. The molecule has 0 N–H and O–H groups in total. The number of methoxy groups -OCH3 is 1. The van der Waals surface area contributed by atoms with Gasteiger partial charge in [0, 0.05) is 7.05 Å². The molecule has 53 valence electrons. The van der Waals surface area contributed by atoms with Gasteiger partial charge in [0.2, 0.25) is 0 Å². The van der Waals surface area contributed by atoms with Crippen molar-refractivity contribution in [1.29, 1.82) is 0 Å². The standard InChI is InChI=1S/C5H6N3O2/c1-8-3-6-4(7-8)5(9)10-2/h1-2H3. The molecule has 0 amide bonds. The van der Waals surface area contributed by atoms with E-state index in [1.165, 1.54) is 11.8 Å². The lowest BCUT2D eigenvalue weighted by Gasteiger charge is -1.88. The highest BCUT2D eigenvalue weighted by molar-refractivity contribution is 5.84. The fourth-order valence-electron chi connectivity index (χ4n) is 0.484. The zero-order chi connectivity index (χ0) is 7.56. The fraction of sp³-hybridized carbons (Fsp3) is 0.400. The van der Waals surface area contributed by atoms with Crippen LogP contribution in [-0.4, -0.2) is 27.8 Å². The lowest BCUT2D eigenvalue weighted by Crippen LogP contribution is -2.04. The van der Waals surface area contributed by atoms with E-state index in [2.05, 4.69) is 21.1 Å². The Morgan fingerprint density at radius 2 is 2.50 bits per heavy atom. The molecule has 0 unspecified atom stereocenters. The first-order valence-corrected chi connectivity index (χ1v) is 2.61. The van der Waals surface area contributed by atoms with Crippen molar-refractivity contribution in [2.45, 2.75) is 0 Å². The summed E-state index contributed by atoms with van der Waals surface area (Å²) in [7, 11) is 2.90. The maximum absolute atomic E-state index is 10.6. The molecule has 0 spiro atoms. The molecule has 0 bridgehead atoms. The third-order valence-electron chi connectivity index (χ3n) is 0.913. The van der Waals surface area contributed by atoms with Crippen molar-refractivity contribution in [3.05, 3.63) is 12.2 Å². The number of aryl methyl sites for hydroxylation is 1. The number of hydrogen-bond acceptors (Lipinski definition) is 4. The van der Waals surface area contributed by atoms with E-state index in [1.807, 2.05) is 0 Å². The van der Waals surface area contributed by atoms with Crippen molar-refractivity contribution < 1.29 is 9.53 Å². The Hall–Kier alpha value is -1.39. The number of ether oxygens (including phenoxy) is 1. The first kappa shape index (κ1) is 6.73. The highest BCUT2D eigenvalue weighted by atomic mass is 16.5. The molecule has 0 aromatic carbocycles. The van der Waals surface area contributed by atoms with Crippen molar-refractivity contribution in [2.24, 2.45) is 7.05 Å². The maximum atomic E-state index is 10.6. The number of aromatic nitrogens is 3. The monoisotopic (exact) mass is 140 g/mol. The molecular formula is C5H6N3O2. The van der Waals surface area contributed by atoms with E-state index < -0.39 is 5.97 Å². The van der Waals surface area contributed by atoms with Gasteiger partial charge in [0.15, 0.2) is 6.33 Å². The second-order valence-electron chi connectivity index (χ2n) is 1.65. The van der Waals surface area contributed by atoms with Gasteiger partial charge in [-0.3, -0.25) is 0 Å². The molecule has 1 aromatic heterocycles. The summed E-state index contributed by atoms with van der Waals surface area (Å²) in [5.41, 5.74) is 0. The molecule has 5 heteroatoms. The Kier molecular flexibility index (Phi) is 1.66. The summed E-state index contributed by atoms with van der Waals surface area (Å²) in [6.07, 6.45) is 2.44. The molecular weight excluding hydrogens is 134 g/mol. The van der Waals surface area contributed by atoms with E-state index in [0.29, 0.717) is 0 Å². The van der Waals surface area contributed by atoms with Crippen LogP contribution in [0.25, 0.3) is 0 Å². The van der Waals surface area contributed by atoms with Gasteiger partial charge in [0.05, 0.1) is 7.11 Å². The van der Waals surface area contributed by atoms with Crippen molar-refractivity contribution >= 4 is 5.97 Å². The van der Waals surface area contributed by atoms with Crippen LogP contribution >= 0.6 is 0 Å². The highest BCUT2D eigenvalue weighted by Crippen LogP contribution is 1.88. The van der Waals surface area contributed by atoms with Crippen LogP contribution in [0.5, 0.6) is 0 Å². The lowest BCUT2D eigenvalue weighted by molar-refractivity contribution is 0.0586. The largest absolute Gasteiger partial charge is 0.463 e. The molecule has 0 fully saturated rings. The SMILES string of the molecule is COC(=O)c1n[c]n(C)n1. The Balaban J connectivity index is 2.85. The van der Waals surface area contributed by atoms with Gasteiger partial charge in [0.25, 0.3) is 5.82 Å². The Bertz CT molecular complexity index is 243. The molecule has 0 aliphatic carbocycles. The summed E-state index contributed by atoms with van der Waals surface area (Å²) in [4.78, 5) is 14.2. The quantitative estimate of drug-likeness (QED) is 0.489. The van der Waals surface area contributed by atoms with Gasteiger partial charge in [-0.05, 0) is 0 Å².